The summed E-state index contributed by atoms with van der Waals surface area (Å²) in [5, 5.41) is 7.33. The minimum Gasteiger partial charge on any atom is -0.380 e. The molecule has 1 atom stereocenters. The fraction of sp³-hybridized carbons (Fsp3) is 0.400. The highest BCUT2D eigenvalue weighted by molar-refractivity contribution is 5.67. The molecule has 0 saturated heterocycles. The first-order valence-corrected chi connectivity index (χ1v) is 8.18. The van der Waals surface area contributed by atoms with E-state index in [4.69, 9.17) is 0 Å². The molecule has 0 radical (unpaired) electrons. The van der Waals surface area contributed by atoms with Gasteiger partial charge >= 0.3 is 0 Å². The van der Waals surface area contributed by atoms with Gasteiger partial charge in [-0.2, -0.15) is 0 Å². The fourth-order valence-electron chi connectivity index (χ4n) is 3.24. The number of hydrogen-bond donors (Lipinski definition) is 2. The average molecular weight is 294 g/mol. The molecule has 116 valence electrons. The molecule has 0 bridgehead atoms. The molecule has 2 nitrogen and oxygen atoms in total. The van der Waals surface area contributed by atoms with Crippen LogP contribution in [0.4, 0.5) is 11.4 Å². The van der Waals surface area contributed by atoms with Crippen molar-refractivity contribution in [1.82, 2.24) is 0 Å². The summed E-state index contributed by atoms with van der Waals surface area (Å²) in [6, 6.07) is 15.5. The number of benzene rings is 2. The van der Waals surface area contributed by atoms with Crippen molar-refractivity contribution in [2.24, 2.45) is 0 Å². The van der Waals surface area contributed by atoms with Crippen molar-refractivity contribution in [3.05, 3.63) is 59.2 Å². The minimum atomic E-state index is 0.198. The van der Waals surface area contributed by atoms with Gasteiger partial charge in [-0.05, 0) is 69.4 Å². The number of hydrogen-bond acceptors (Lipinski definition) is 2. The maximum absolute atomic E-state index is 3.69. The lowest BCUT2D eigenvalue weighted by Crippen LogP contribution is -2.35. The van der Waals surface area contributed by atoms with Crippen LogP contribution in [0.15, 0.2) is 42.5 Å². The average Bonchev–Trinajstić information content (AvgIpc) is 2.49. The van der Waals surface area contributed by atoms with Crippen LogP contribution in [0.1, 0.15) is 49.9 Å². The van der Waals surface area contributed by atoms with Crippen LogP contribution in [0.2, 0.25) is 0 Å². The molecule has 0 spiro atoms. The van der Waals surface area contributed by atoms with Gasteiger partial charge in [-0.1, -0.05) is 30.3 Å². The van der Waals surface area contributed by atoms with Crippen molar-refractivity contribution in [2.75, 3.05) is 10.6 Å². The molecule has 0 aliphatic carbocycles. The Morgan fingerprint density at radius 1 is 1.14 bits per heavy atom. The second-order valence-electron chi connectivity index (χ2n) is 7.11. The first-order chi connectivity index (χ1) is 10.4. The summed E-state index contributed by atoms with van der Waals surface area (Å²) in [7, 11) is 0. The molecule has 1 heterocycles. The van der Waals surface area contributed by atoms with Gasteiger partial charge in [0.25, 0.3) is 0 Å². The van der Waals surface area contributed by atoms with Crippen molar-refractivity contribution in [3.8, 4) is 0 Å². The van der Waals surface area contributed by atoms with E-state index >= 15 is 0 Å². The van der Waals surface area contributed by atoms with E-state index in [-0.39, 0.29) is 5.54 Å². The van der Waals surface area contributed by atoms with Crippen LogP contribution < -0.4 is 10.6 Å². The van der Waals surface area contributed by atoms with Crippen molar-refractivity contribution in [1.29, 1.82) is 0 Å². The monoisotopic (exact) mass is 294 g/mol. The molecular formula is C20H26N2. The second-order valence-corrected chi connectivity index (χ2v) is 7.11. The molecule has 0 saturated carbocycles. The minimum absolute atomic E-state index is 0.198. The SMILES string of the molecule is Cc1cc(NC(C)c2ccccc2)cc2c1NC(C)(C)CC2. The molecule has 1 unspecified atom stereocenters. The van der Waals surface area contributed by atoms with Crippen LogP contribution in [-0.2, 0) is 6.42 Å². The lowest BCUT2D eigenvalue weighted by Gasteiger charge is -2.35. The summed E-state index contributed by atoms with van der Waals surface area (Å²) in [5.74, 6) is 0. The number of aryl methyl sites for hydroxylation is 2. The number of rotatable bonds is 3. The first-order valence-electron chi connectivity index (χ1n) is 8.18. The number of anilines is 2. The van der Waals surface area contributed by atoms with Gasteiger partial charge in [-0.15, -0.1) is 0 Å². The Morgan fingerprint density at radius 2 is 1.86 bits per heavy atom. The van der Waals surface area contributed by atoms with E-state index in [2.05, 4.69) is 80.8 Å². The molecule has 0 amide bonds. The second kappa shape index (κ2) is 5.68. The maximum atomic E-state index is 3.69. The standard InChI is InChI=1S/C20H26N2/c1-14-12-18(21-15(2)16-8-6-5-7-9-16)13-17-10-11-20(3,4)22-19(14)17/h5-9,12-13,15,21-22H,10-11H2,1-4H3. The molecule has 1 aliphatic rings. The van der Waals surface area contributed by atoms with Gasteiger partial charge in [0.15, 0.2) is 0 Å². The summed E-state index contributed by atoms with van der Waals surface area (Å²) in [6.07, 6.45) is 2.32. The summed E-state index contributed by atoms with van der Waals surface area (Å²) >= 11 is 0. The fourth-order valence-corrected chi connectivity index (χ4v) is 3.24. The molecule has 0 aromatic heterocycles. The Hall–Kier alpha value is -1.96. The first kappa shape index (κ1) is 15.0. The lowest BCUT2D eigenvalue weighted by atomic mass is 9.87. The predicted molar refractivity (Wildman–Crippen MR) is 95.7 cm³/mol. The lowest BCUT2D eigenvalue weighted by molar-refractivity contribution is 0.501. The van der Waals surface area contributed by atoms with Gasteiger partial charge in [0.2, 0.25) is 0 Å². The zero-order valence-electron chi connectivity index (χ0n) is 14.0. The molecule has 2 aromatic carbocycles. The van der Waals surface area contributed by atoms with E-state index in [1.54, 1.807) is 0 Å². The van der Waals surface area contributed by atoms with Gasteiger partial charge in [0, 0.05) is 23.0 Å². The van der Waals surface area contributed by atoms with Crippen LogP contribution in [0.3, 0.4) is 0 Å². The largest absolute Gasteiger partial charge is 0.380 e. The Kier molecular flexibility index (Phi) is 3.86. The summed E-state index contributed by atoms with van der Waals surface area (Å²) in [4.78, 5) is 0. The Bertz CT molecular complexity index is 659. The molecule has 3 rings (SSSR count). The molecule has 2 heteroatoms. The molecular weight excluding hydrogens is 268 g/mol. The molecule has 0 fully saturated rings. The van der Waals surface area contributed by atoms with E-state index in [1.807, 2.05) is 0 Å². The predicted octanol–water partition coefficient (Wildman–Crippen LogP) is 5.30. The van der Waals surface area contributed by atoms with Crippen LogP contribution >= 0.6 is 0 Å². The quantitative estimate of drug-likeness (QED) is 0.802. The Labute approximate surface area is 134 Å². The normalized spacial score (nSPS) is 17.3. The van der Waals surface area contributed by atoms with Crippen molar-refractivity contribution < 1.29 is 0 Å². The summed E-state index contributed by atoms with van der Waals surface area (Å²) in [6.45, 7) is 8.97. The Morgan fingerprint density at radius 3 is 2.59 bits per heavy atom. The van der Waals surface area contributed by atoms with E-state index in [0.29, 0.717) is 6.04 Å². The van der Waals surface area contributed by atoms with E-state index < -0.39 is 0 Å². The summed E-state index contributed by atoms with van der Waals surface area (Å²) in [5.41, 5.74) is 6.82. The van der Waals surface area contributed by atoms with Crippen LogP contribution in [-0.4, -0.2) is 5.54 Å². The van der Waals surface area contributed by atoms with Gasteiger partial charge < -0.3 is 10.6 Å². The van der Waals surface area contributed by atoms with Crippen LogP contribution in [0.5, 0.6) is 0 Å². The van der Waals surface area contributed by atoms with Crippen molar-refractivity contribution in [2.45, 2.75) is 52.1 Å². The third kappa shape index (κ3) is 3.11. The van der Waals surface area contributed by atoms with E-state index in [1.165, 1.54) is 34.5 Å². The maximum Gasteiger partial charge on any atom is 0.0485 e. The van der Waals surface area contributed by atoms with Gasteiger partial charge in [0.1, 0.15) is 0 Å². The Balaban J connectivity index is 1.83. The van der Waals surface area contributed by atoms with Crippen LogP contribution in [0, 0.1) is 6.92 Å². The zero-order valence-corrected chi connectivity index (χ0v) is 14.0. The number of nitrogens with one attached hydrogen (secondary N) is 2. The number of fused-ring (bicyclic) bond motifs is 1. The zero-order chi connectivity index (χ0) is 15.7. The van der Waals surface area contributed by atoms with Gasteiger partial charge in [-0.3, -0.25) is 0 Å². The topological polar surface area (TPSA) is 24.1 Å². The van der Waals surface area contributed by atoms with E-state index in [9.17, 15) is 0 Å². The van der Waals surface area contributed by atoms with Gasteiger partial charge in [-0.25, -0.2) is 0 Å². The van der Waals surface area contributed by atoms with Crippen molar-refractivity contribution >= 4 is 11.4 Å². The third-order valence-electron chi connectivity index (χ3n) is 4.58. The molecule has 2 N–H and O–H groups in total. The smallest absolute Gasteiger partial charge is 0.0485 e. The van der Waals surface area contributed by atoms with Gasteiger partial charge in [0.05, 0.1) is 0 Å². The molecule has 1 aliphatic heterocycles. The van der Waals surface area contributed by atoms with Crippen LogP contribution in [0.25, 0.3) is 0 Å². The van der Waals surface area contributed by atoms with Crippen molar-refractivity contribution in [3.63, 3.8) is 0 Å². The summed E-state index contributed by atoms with van der Waals surface area (Å²) < 4.78 is 0. The highest BCUT2D eigenvalue weighted by Crippen LogP contribution is 2.35. The molecule has 2 aromatic rings. The molecule has 22 heavy (non-hydrogen) atoms. The highest BCUT2D eigenvalue weighted by atomic mass is 15.0. The highest BCUT2D eigenvalue weighted by Gasteiger charge is 2.25. The third-order valence-corrected chi connectivity index (χ3v) is 4.58. The van der Waals surface area contributed by atoms with E-state index in [0.717, 1.165) is 6.42 Å².